The van der Waals surface area contributed by atoms with Gasteiger partial charge >= 0.3 is 0 Å². The lowest BCUT2D eigenvalue weighted by molar-refractivity contribution is 0.0572. The first-order valence-corrected chi connectivity index (χ1v) is 5.55. The minimum atomic E-state index is -0.936. The molecule has 1 aromatic carbocycles. The quantitative estimate of drug-likeness (QED) is 0.666. The van der Waals surface area contributed by atoms with Crippen LogP contribution in [0.2, 0.25) is 0 Å². The molecule has 6 nitrogen and oxygen atoms in total. The van der Waals surface area contributed by atoms with Crippen LogP contribution < -0.4 is 4.74 Å². The molecule has 1 fully saturated rings. The zero-order valence-electron chi connectivity index (χ0n) is 9.91. The maximum atomic E-state index is 12.1. The van der Waals surface area contributed by atoms with E-state index >= 15 is 0 Å². The zero-order valence-corrected chi connectivity index (χ0v) is 9.91. The lowest BCUT2D eigenvalue weighted by atomic mass is 10.1. The van der Waals surface area contributed by atoms with Crippen LogP contribution in [0.15, 0.2) is 18.2 Å². The van der Waals surface area contributed by atoms with E-state index in [1.165, 1.54) is 24.1 Å². The monoisotopic (exact) mass is 253 g/mol. The number of methoxy groups -OCH3 is 1. The van der Waals surface area contributed by atoms with Gasteiger partial charge in [0.05, 0.1) is 24.9 Å². The van der Waals surface area contributed by atoms with Gasteiger partial charge in [0.25, 0.3) is 5.91 Å². The van der Waals surface area contributed by atoms with Crippen LogP contribution in [0.25, 0.3) is 0 Å². The molecule has 0 bridgehead atoms. The second kappa shape index (κ2) is 4.83. The van der Waals surface area contributed by atoms with Crippen molar-refractivity contribution in [1.82, 2.24) is 4.90 Å². The Morgan fingerprint density at radius 1 is 1.33 bits per heavy atom. The summed E-state index contributed by atoms with van der Waals surface area (Å²) >= 11 is 0. The van der Waals surface area contributed by atoms with Crippen LogP contribution in [0.3, 0.4) is 0 Å². The molecular formula is C12H15NO5. The number of likely N-dealkylation sites (tertiary alicyclic amines) is 1. The highest BCUT2D eigenvalue weighted by molar-refractivity contribution is 5.97. The molecule has 2 atom stereocenters. The number of rotatable bonds is 2. The van der Waals surface area contributed by atoms with Crippen LogP contribution in [-0.4, -0.2) is 58.5 Å². The summed E-state index contributed by atoms with van der Waals surface area (Å²) < 4.78 is 4.92. The minimum Gasteiger partial charge on any atom is -0.507 e. The SMILES string of the molecule is COc1ccc(C(=O)N2C[C@@H](O)[C@@H](O)C2)c(O)c1. The third kappa shape index (κ3) is 2.25. The van der Waals surface area contributed by atoms with Crippen LogP contribution in [0, 0.1) is 0 Å². The smallest absolute Gasteiger partial charge is 0.257 e. The molecule has 98 valence electrons. The molecule has 18 heavy (non-hydrogen) atoms. The molecular weight excluding hydrogens is 238 g/mol. The molecule has 0 unspecified atom stereocenters. The number of hydrogen-bond donors (Lipinski definition) is 3. The van der Waals surface area contributed by atoms with Crippen molar-refractivity contribution in [2.24, 2.45) is 0 Å². The van der Waals surface area contributed by atoms with E-state index in [1.54, 1.807) is 6.07 Å². The van der Waals surface area contributed by atoms with Gasteiger partial charge in [-0.05, 0) is 12.1 Å². The molecule has 0 saturated carbocycles. The predicted molar refractivity (Wildman–Crippen MR) is 62.6 cm³/mol. The molecule has 1 saturated heterocycles. The lowest BCUT2D eigenvalue weighted by Gasteiger charge is -2.16. The van der Waals surface area contributed by atoms with Gasteiger partial charge in [-0.1, -0.05) is 0 Å². The number of aliphatic hydroxyl groups excluding tert-OH is 2. The Labute approximate surface area is 104 Å². The summed E-state index contributed by atoms with van der Waals surface area (Å²) in [6, 6.07) is 4.36. The van der Waals surface area contributed by atoms with Crippen molar-refractivity contribution in [3.8, 4) is 11.5 Å². The summed E-state index contributed by atoms with van der Waals surface area (Å²) in [5, 5.41) is 28.5. The van der Waals surface area contributed by atoms with Gasteiger partial charge < -0.3 is 25.0 Å². The highest BCUT2D eigenvalue weighted by Crippen LogP contribution is 2.25. The van der Waals surface area contributed by atoms with Crippen molar-refractivity contribution in [2.75, 3.05) is 20.2 Å². The number of aliphatic hydroxyl groups is 2. The van der Waals surface area contributed by atoms with Gasteiger partial charge in [0, 0.05) is 19.2 Å². The highest BCUT2D eigenvalue weighted by atomic mass is 16.5. The zero-order chi connectivity index (χ0) is 13.3. The molecule has 1 heterocycles. The van der Waals surface area contributed by atoms with Crippen molar-refractivity contribution in [3.63, 3.8) is 0 Å². The molecule has 1 amide bonds. The number of aromatic hydroxyl groups is 1. The van der Waals surface area contributed by atoms with Crippen LogP contribution in [-0.2, 0) is 0 Å². The molecule has 1 aromatic rings. The van der Waals surface area contributed by atoms with Gasteiger partial charge in [0.15, 0.2) is 0 Å². The van der Waals surface area contributed by atoms with Gasteiger partial charge in [0.2, 0.25) is 0 Å². The van der Waals surface area contributed by atoms with Gasteiger partial charge in [-0.25, -0.2) is 0 Å². The largest absolute Gasteiger partial charge is 0.507 e. The molecule has 0 spiro atoms. The van der Waals surface area contributed by atoms with E-state index in [-0.39, 0.29) is 24.4 Å². The highest BCUT2D eigenvalue weighted by Gasteiger charge is 2.33. The maximum Gasteiger partial charge on any atom is 0.257 e. The fourth-order valence-electron chi connectivity index (χ4n) is 1.92. The first kappa shape index (κ1) is 12.7. The third-order valence-electron chi connectivity index (χ3n) is 2.98. The van der Waals surface area contributed by atoms with E-state index < -0.39 is 18.1 Å². The maximum absolute atomic E-state index is 12.1. The summed E-state index contributed by atoms with van der Waals surface area (Å²) in [5.41, 5.74) is 0.122. The minimum absolute atomic E-state index is 0.0610. The van der Waals surface area contributed by atoms with Gasteiger partial charge in [-0.3, -0.25) is 4.79 Å². The average Bonchev–Trinajstić information content (AvgIpc) is 2.68. The van der Waals surface area contributed by atoms with Crippen molar-refractivity contribution in [1.29, 1.82) is 0 Å². The second-order valence-corrected chi connectivity index (χ2v) is 4.23. The standard InChI is InChI=1S/C12H15NO5/c1-18-7-2-3-8(9(14)4-7)12(17)13-5-10(15)11(16)6-13/h2-4,10-11,14-16H,5-6H2,1H3/t10-,11+. The first-order chi connectivity index (χ1) is 8.52. The Bertz CT molecular complexity index is 452. The number of phenolic OH excluding ortho intramolecular Hbond substituents is 1. The van der Waals surface area contributed by atoms with Gasteiger partial charge in [-0.15, -0.1) is 0 Å². The molecule has 1 aliphatic heterocycles. The number of benzene rings is 1. The van der Waals surface area contributed by atoms with Gasteiger partial charge in [0.1, 0.15) is 11.5 Å². The number of ether oxygens (including phenoxy) is 1. The van der Waals surface area contributed by atoms with E-state index in [9.17, 15) is 20.1 Å². The Kier molecular flexibility index (Phi) is 3.40. The van der Waals surface area contributed by atoms with E-state index in [0.717, 1.165) is 0 Å². The Morgan fingerprint density at radius 2 is 1.94 bits per heavy atom. The Hall–Kier alpha value is -1.79. The van der Waals surface area contributed by atoms with E-state index in [1.807, 2.05) is 0 Å². The summed E-state index contributed by atoms with van der Waals surface area (Å²) in [6.45, 7) is 0.122. The summed E-state index contributed by atoms with van der Waals surface area (Å²) in [7, 11) is 1.46. The summed E-state index contributed by atoms with van der Waals surface area (Å²) in [6.07, 6.45) is -1.87. The van der Waals surface area contributed by atoms with Crippen molar-refractivity contribution in [3.05, 3.63) is 23.8 Å². The van der Waals surface area contributed by atoms with E-state index in [4.69, 9.17) is 4.74 Å². The number of hydrogen-bond acceptors (Lipinski definition) is 5. The number of phenols is 1. The molecule has 0 radical (unpaired) electrons. The third-order valence-corrected chi connectivity index (χ3v) is 2.98. The van der Waals surface area contributed by atoms with Crippen LogP contribution in [0.1, 0.15) is 10.4 Å². The topological polar surface area (TPSA) is 90.2 Å². The van der Waals surface area contributed by atoms with Crippen LogP contribution in [0.5, 0.6) is 11.5 Å². The van der Waals surface area contributed by atoms with Crippen molar-refractivity contribution in [2.45, 2.75) is 12.2 Å². The van der Waals surface area contributed by atoms with Crippen molar-refractivity contribution >= 4 is 5.91 Å². The fraction of sp³-hybridized carbons (Fsp3) is 0.417. The molecule has 0 aromatic heterocycles. The fourth-order valence-corrected chi connectivity index (χ4v) is 1.92. The Morgan fingerprint density at radius 3 is 2.44 bits per heavy atom. The summed E-state index contributed by atoms with van der Waals surface area (Å²) in [5.74, 6) is -0.161. The van der Waals surface area contributed by atoms with E-state index in [0.29, 0.717) is 5.75 Å². The first-order valence-electron chi connectivity index (χ1n) is 5.55. The molecule has 1 aliphatic rings. The predicted octanol–water partition coefficient (Wildman–Crippen LogP) is -0.422. The number of carbonyl (C=O) groups is 1. The molecule has 0 aliphatic carbocycles. The average molecular weight is 253 g/mol. The molecule has 3 N–H and O–H groups in total. The second-order valence-electron chi connectivity index (χ2n) is 4.23. The van der Waals surface area contributed by atoms with Crippen LogP contribution >= 0.6 is 0 Å². The van der Waals surface area contributed by atoms with E-state index in [2.05, 4.69) is 0 Å². The molecule has 2 rings (SSSR count). The number of β-amino-alcohol motifs (C(OH)–C–C–N with tert-alkyl or cyclic N) is 2. The molecule has 6 heteroatoms. The Balaban J connectivity index is 2.19. The lowest BCUT2D eigenvalue weighted by Crippen LogP contribution is -2.29. The number of amides is 1. The number of carbonyl (C=O) groups excluding carboxylic acids is 1. The normalized spacial score (nSPS) is 23.2. The van der Waals surface area contributed by atoms with Crippen molar-refractivity contribution < 1.29 is 24.9 Å². The van der Waals surface area contributed by atoms with Crippen LogP contribution in [0.4, 0.5) is 0 Å². The van der Waals surface area contributed by atoms with Gasteiger partial charge in [-0.2, -0.15) is 0 Å². The number of nitrogens with zero attached hydrogens (tertiary/aromatic N) is 1. The summed E-state index contributed by atoms with van der Waals surface area (Å²) in [4.78, 5) is 13.4.